The monoisotopic (exact) mass is 343 g/mol. The van der Waals surface area contributed by atoms with Gasteiger partial charge in [-0.1, -0.05) is 66.7 Å². The Labute approximate surface area is 154 Å². The second-order valence-electron chi connectivity index (χ2n) is 5.87. The number of benzene rings is 3. The molecule has 3 aromatic rings. The van der Waals surface area contributed by atoms with Crippen molar-refractivity contribution in [3.05, 3.63) is 102 Å². The van der Waals surface area contributed by atoms with Gasteiger partial charge in [0.25, 0.3) is 0 Å². The van der Waals surface area contributed by atoms with Crippen molar-refractivity contribution in [3.8, 4) is 16.9 Å². The van der Waals surface area contributed by atoms with Gasteiger partial charge in [-0.05, 0) is 28.8 Å². The third kappa shape index (κ3) is 4.61. The molecule has 0 aromatic heterocycles. The lowest BCUT2D eigenvalue weighted by Crippen LogP contribution is -2.05. The Morgan fingerprint density at radius 3 is 2.19 bits per heavy atom. The standard InChI is InChI=1S/C23H21NO2/c1-26-22-13-7-18(8-14-22)17-24-16-15-23(25)21-11-9-20(10-12-21)19-5-3-2-4-6-19/h2-16,24H,17H2,1H3/b16-15+. The molecule has 0 aliphatic carbocycles. The summed E-state index contributed by atoms with van der Waals surface area (Å²) in [5.41, 5.74) is 4.04. The van der Waals surface area contributed by atoms with Gasteiger partial charge in [0, 0.05) is 24.4 Å². The minimum absolute atomic E-state index is 0.0214. The van der Waals surface area contributed by atoms with Crippen molar-refractivity contribution in [2.24, 2.45) is 0 Å². The molecule has 1 N–H and O–H groups in total. The fraction of sp³-hybridized carbons (Fsp3) is 0.0870. The third-order valence-corrected chi connectivity index (χ3v) is 4.09. The van der Waals surface area contributed by atoms with Crippen molar-refractivity contribution in [1.82, 2.24) is 5.32 Å². The number of rotatable bonds is 7. The van der Waals surface area contributed by atoms with Gasteiger partial charge in [-0.15, -0.1) is 0 Å². The summed E-state index contributed by atoms with van der Waals surface area (Å²) in [6.45, 7) is 0.653. The topological polar surface area (TPSA) is 38.3 Å². The van der Waals surface area contributed by atoms with Crippen LogP contribution in [0, 0.1) is 0 Å². The molecule has 3 heteroatoms. The van der Waals surface area contributed by atoms with Crippen molar-refractivity contribution >= 4 is 5.78 Å². The Kier molecular flexibility index (Phi) is 5.84. The first-order chi connectivity index (χ1) is 12.8. The summed E-state index contributed by atoms with van der Waals surface area (Å²) < 4.78 is 5.13. The molecule has 0 radical (unpaired) electrons. The van der Waals surface area contributed by atoms with Crippen LogP contribution in [0.1, 0.15) is 15.9 Å². The maximum Gasteiger partial charge on any atom is 0.187 e. The molecule has 0 unspecified atom stereocenters. The van der Waals surface area contributed by atoms with Gasteiger partial charge >= 0.3 is 0 Å². The number of carbonyl (C=O) groups excluding carboxylic acids is 1. The molecule has 0 aliphatic heterocycles. The zero-order chi connectivity index (χ0) is 18.2. The summed E-state index contributed by atoms with van der Waals surface area (Å²) >= 11 is 0. The number of ether oxygens (including phenoxy) is 1. The first-order valence-corrected chi connectivity index (χ1v) is 8.49. The molecule has 0 heterocycles. The molecular weight excluding hydrogens is 322 g/mol. The van der Waals surface area contributed by atoms with E-state index in [1.54, 1.807) is 19.4 Å². The summed E-state index contributed by atoms with van der Waals surface area (Å²) in [6, 6.07) is 25.6. The minimum atomic E-state index is -0.0214. The summed E-state index contributed by atoms with van der Waals surface area (Å²) in [5, 5.41) is 3.13. The first-order valence-electron chi connectivity index (χ1n) is 8.49. The van der Waals surface area contributed by atoms with Gasteiger partial charge in [-0.25, -0.2) is 0 Å². The lowest BCUT2D eigenvalue weighted by molar-refractivity contribution is 0.104. The fourth-order valence-electron chi connectivity index (χ4n) is 2.61. The van der Waals surface area contributed by atoms with Crippen LogP contribution in [0.2, 0.25) is 0 Å². The molecule has 0 amide bonds. The molecule has 26 heavy (non-hydrogen) atoms. The minimum Gasteiger partial charge on any atom is -0.497 e. The molecule has 0 saturated heterocycles. The molecule has 3 aromatic carbocycles. The predicted octanol–water partition coefficient (Wildman–Crippen LogP) is 4.85. The van der Waals surface area contributed by atoms with Crippen molar-refractivity contribution in [2.75, 3.05) is 7.11 Å². The average Bonchev–Trinajstić information content (AvgIpc) is 2.72. The smallest absolute Gasteiger partial charge is 0.187 e. The molecule has 0 spiro atoms. The van der Waals surface area contributed by atoms with Crippen molar-refractivity contribution in [3.63, 3.8) is 0 Å². The number of carbonyl (C=O) groups is 1. The van der Waals surface area contributed by atoms with Gasteiger partial charge in [0.2, 0.25) is 0 Å². The Bertz CT molecular complexity index is 866. The maximum atomic E-state index is 12.2. The maximum absolute atomic E-state index is 12.2. The van der Waals surface area contributed by atoms with E-state index in [1.807, 2.05) is 66.7 Å². The molecule has 0 atom stereocenters. The third-order valence-electron chi connectivity index (χ3n) is 4.09. The molecule has 0 saturated carbocycles. The number of nitrogens with one attached hydrogen (secondary N) is 1. The van der Waals surface area contributed by atoms with E-state index in [4.69, 9.17) is 4.74 Å². The van der Waals surface area contributed by atoms with E-state index in [-0.39, 0.29) is 5.78 Å². The van der Waals surface area contributed by atoms with Crippen LogP contribution in [-0.2, 0) is 6.54 Å². The fourth-order valence-corrected chi connectivity index (χ4v) is 2.61. The van der Waals surface area contributed by atoms with E-state index in [0.29, 0.717) is 12.1 Å². The van der Waals surface area contributed by atoms with Crippen molar-refractivity contribution < 1.29 is 9.53 Å². The second-order valence-corrected chi connectivity index (χ2v) is 5.87. The molecule has 0 bridgehead atoms. The van der Waals surface area contributed by atoms with Gasteiger partial charge < -0.3 is 10.1 Å². The number of allylic oxidation sites excluding steroid dienone is 1. The van der Waals surface area contributed by atoms with E-state index >= 15 is 0 Å². The number of ketones is 1. The Morgan fingerprint density at radius 1 is 0.885 bits per heavy atom. The molecule has 3 nitrogen and oxygen atoms in total. The highest BCUT2D eigenvalue weighted by molar-refractivity contribution is 6.04. The Hall–Kier alpha value is -3.33. The van der Waals surface area contributed by atoms with Crippen LogP contribution in [0.3, 0.4) is 0 Å². The summed E-state index contributed by atoms with van der Waals surface area (Å²) in [7, 11) is 1.65. The van der Waals surface area contributed by atoms with Crippen molar-refractivity contribution in [2.45, 2.75) is 6.54 Å². The molecule has 0 aliphatic rings. The van der Waals surface area contributed by atoms with Crippen molar-refractivity contribution in [1.29, 1.82) is 0 Å². The van der Waals surface area contributed by atoms with Crippen LogP contribution in [0.5, 0.6) is 5.75 Å². The first kappa shape index (κ1) is 17.5. The normalized spacial score (nSPS) is 10.7. The van der Waals surface area contributed by atoms with Crippen LogP contribution in [0.4, 0.5) is 0 Å². The van der Waals surface area contributed by atoms with Gasteiger partial charge in [0.1, 0.15) is 5.75 Å². The highest BCUT2D eigenvalue weighted by Gasteiger charge is 2.02. The second kappa shape index (κ2) is 8.67. The quantitative estimate of drug-likeness (QED) is 0.492. The predicted molar refractivity (Wildman–Crippen MR) is 105 cm³/mol. The van der Waals surface area contributed by atoms with Gasteiger partial charge in [-0.2, -0.15) is 0 Å². The van der Waals surface area contributed by atoms with Crippen LogP contribution in [0.25, 0.3) is 11.1 Å². The van der Waals surface area contributed by atoms with E-state index in [1.165, 1.54) is 0 Å². The SMILES string of the molecule is COc1ccc(CN/C=C/C(=O)c2ccc(-c3ccccc3)cc2)cc1. The highest BCUT2D eigenvalue weighted by Crippen LogP contribution is 2.19. The molecule has 0 fully saturated rings. The highest BCUT2D eigenvalue weighted by atomic mass is 16.5. The van der Waals surface area contributed by atoms with Crippen LogP contribution in [-0.4, -0.2) is 12.9 Å². The van der Waals surface area contributed by atoms with Crippen LogP contribution in [0.15, 0.2) is 91.1 Å². The number of hydrogen-bond donors (Lipinski definition) is 1. The van der Waals surface area contributed by atoms with Crippen LogP contribution >= 0.6 is 0 Å². The van der Waals surface area contributed by atoms with Crippen LogP contribution < -0.4 is 10.1 Å². The summed E-state index contributed by atoms with van der Waals surface area (Å²) in [6.07, 6.45) is 3.25. The zero-order valence-electron chi connectivity index (χ0n) is 14.7. The number of hydrogen-bond acceptors (Lipinski definition) is 3. The van der Waals surface area contributed by atoms with E-state index in [0.717, 1.165) is 22.4 Å². The van der Waals surface area contributed by atoms with Gasteiger partial charge in [-0.3, -0.25) is 4.79 Å². The Balaban J connectivity index is 1.54. The lowest BCUT2D eigenvalue weighted by Gasteiger charge is -2.04. The van der Waals surface area contributed by atoms with Gasteiger partial charge in [0.15, 0.2) is 5.78 Å². The molecule has 3 rings (SSSR count). The summed E-state index contributed by atoms with van der Waals surface area (Å²) in [4.78, 5) is 12.2. The van der Waals surface area contributed by atoms with E-state index in [2.05, 4.69) is 17.4 Å². The largest absolute Gasteiger partial charge is 0.497 e. The summed E-state index contributed by atoms with van der Waals surface area (Å²) in [5.74, 6) is 0.810. The average molecular weight is 343 g/mol. The van der Waals surface area contributed by atoms with Gasteiger partial charge in [0.05, 0.1) is 7.11 Å². The van der Waals surface area contributed by atoms with E-state index < -0.39 is 0 Å². The van der Waals surface area contributed by atoms with E-state index in [9.17, 15) is 4.79 Å². The number of methoxy groups -OCH3 is 1. The lowest BCUT2D eigenvalue weighted by atomic mass is 10.0. The molecule has 130 valence electrons. The Morgan fingerprint density at radius 2 is 1.54 bits per heavy atom. The zero-order valence-corrected chi connectivity index (χ0v) is 14.7. The molecular formula is C23H21NO2.